The van der Waals surface area contributed by atoms with Crippen molar-refractivity contribution in [3.05, 3.63) is 63.6 Å². The minimum atomic E-state index is -0.421. The third-order valence-electron chi connectivity index (χ3n) is 3.30. The molecule has 0 unspecified atom stereocenters. The molecule has 4 nitrogen and oxygen atoms in total. The monoisotopic (exact) mass is 351 g/mol. The van der Waals surface area contributed by atoms with Crippen LogP contribution in [0, 0.1) is 0 Å². The number of hydrogen-bond acceptors (Lipinski definition) is 3. The zero-order valence-corrected chi connectivity index (χ0v) is 14.2. The molecule has 0 N–H and O–H groups in total. The summed E-state index contributed by atoms with van der Waals surface area (Å²) in [4.78, 5) is 25.0. The number of methoxy groups -OCH3 is 1. The maximum Gasteiger partial charge on any atom is 0.337 e. The van der Waals surface area contributed by atoms with Gasteiger partial charge in [-0.2, -0.15) is 0 Å². The summed E-state index contributed by atoms with van der Waals surface area (Å²) in [6.07, 6.45) is 0. The van der Waals surface area contributed by atoms with E-state index >= 15 is 0 Å². The first-order valence-electron chi connectivity index (χ1n) is 6.82. The van der Waals surface area contributed by atoms with E-state index in [2.05, 4.69) is 4.74 Å². The largest absolute Gasteiger partial charge is 0.465 e. The second-order valence-electron chi connectivity index (χ2n) is 4.89. The van der Waals surface area contributed by atoms with E-state index in [1.807, 2.05) is 6.07 Å². The number of amides is 1. The number of carbonyl (C=O) groups excluding carboxylic acids is 2. The van der Waals surface area contributed by atoms with E-state index in [0.29, 0.717) is 27.8 Å². The van der Waals surface area contributed by atoms with Crippen LogP contribution in [0.3, 0.4) is 0 Å². The summed E-state index contributed by atoms with van der Waals surface area (Å²) >= 11 is 11.9. The minimum absolute atomic E-state index is 0.123. The number of rotatable bonds is 4. The smallest absolute Gasteiger partial charge is 0.337 e. The molecular weight excluding hydrogens is 337 g/mol. The highest BCUT2D eigenvalue weighted by molar-refractivity contribution is 6.42. The van der Waals surface area contributed by atoms with E-state index in [4.69, 9.17) is 23.2 Å². The van der Waals surface area contributed by atoms with Gasteiger partial charge in [0.05, 0.1) is 29.3 Å². The zero-order chi connectivity index (χ0) is 17.0. The van der Waals surface area contributed by atoms with Gasteiger partial charge in [-0.1, -0.05) is 29.3 Å². The molecule has 1 amide bonds. The topological polar surface area (TPSA) is 46.6 Å². The van der Waals surface area contributed by atoms with E-state index in [0.717, 1.165) is 5.56 Å². The summed E-state index contributed by atoms with van der Waals surface area (Å²) in [5.74, 6) is -0.544. The lowest BCUT2D eigenvalue weighted by molar-refractivity contribution is -0.116. The van der Waals surface area contributed by atoms with Crippen LogP contribution in [0.1, 0.15) is 22.8 Å². The number of carbonyl (C=O) groups is 2. The van der Waals surface area contributed by atoms with Crippen LogP contribution in [-0.2, 0) is 16.1 Å². The summed E-state index contributed by atoms with van der Waals surface area (Å²) in [6, 6.07) is 11.9. The predicted octanol–water partition coefficient (Wildman–Crippen LogP) is 4.33. The molecule has 120 valence electrons. The number of hydrogen-bond donors (Lipinski definition) is 0. The third kappa shape index (κ3) is 4.24. The Hall–Kier alpha value is -2.04. The first-order valence-corrected chi connectivity index (χ1v) is 7.58. The zero-order valence-electron chi connectivity index (χ0n) is 12.7. The minimum Gasteiger partial charge on any atom is -0.465 e. The second kappa shape index (κ2) is 7.49. The molecule has 0 atom stereocenters. The number of ether oxygens (including phenoxy) is 1. The van der Waals surface area contributed by atoms with Crippen molar-refractivity contribution >= 4 is 40.8 Å². The summed E-state index contributed by atoms with van der Waals surface area (Å²) in [7, 11) is 1.32. The fourth-order valence-electron chi connectivity index (χ4n) is 2.10. The molecular formula is C17H15Cl2NO3. The van der Waals surface area contributed by atoms with E-state index in [1.165, 1.54) is 14.0 Å². The molecule has 0 aromatic heterocycles. The lowest BCUT2D eigenvalue weighted by atomic mass is 10.1. The molecule has 0 radical (unpaired) electrons. The molecule has 0 saturated heterocycles. The normalized spacial score (nSPS) is 10.3. The molecule has 0 aliphatic carbocycles. The summed E-state index contributed by atoms with van der Waals surface area (Å²) in [5.41, 5.74) is 1.96. The average molecular weight is 352 g/mol. The van der Waals surface area contributed by atoms with Crippen molar-refractivity contribution in [1.29, 1.82) is 0 Å². The van der Waals surface area contributed by atoms with Gasteiger partial charge in [0, 0.05) is 12.6 Å². The van der Waals surface area contributed by atoms with E-state index in [1.54, 1.807) is 41.3 Å². The molecule has 6 heteroatoms. The third-order valence-corrected chi connectivity index (χ3v) is 4.04. The number of halogens is 2. The van der Waals surface area contributed by atoms with E-state index in [9.17, 15) is 9.59 Å². The van der Waals surface area contributed by atoms with Crippen LogP contribution in [0.15, 0.2) is 42.5 Å². The molecule has 0 aliphatic heterocycles. The van der Waals surface area contributed by atoms with Crippen LogP contribution in [0.4, 0.5) is 5.69 Å². The van der Waals surface area contributed by atoms with Gasteiger partial charge in [0.1, 0.15) is 0 Å². The lowest BCUT2D eigenvalue weighted by Crippen LogP contribution is -2.27. The van der Waals surface area contributed by atoms with Crippen LogP contribution in [0.25, 0.3) is 0 Å². The molecule has 0 saturated carbocycles. The Bertz CT molecular complexity index is 729. The van der Waals surface area contributed by atoms with Crippen LogP contribution in [-0.4, -0.2) is 19.0 Å². The van der Waals surface area contributed by atoms with Crippen molar-refractivity contribution in [2.45, 2.75) is 13.5 Å². The van der Waals surface area contributed by atoms with Crippen molar-refractivity contribution in [3.63, 3.8) is 0 Å². The predicted molar refractivity (Wildman–Crippen MR) is 91.1 cm³/mol. The second-order valence-corrected chi connectivity index (χ2v) is 5.71. The molecule has 2 rings (SSSR count). The Morgan fingerprint density at radius 1 is 1.04 bits per heavy atom. The van der Waals surface area contributed by atoms with Gasteiger partial charge in [-0.3, -0.25) is 4.79 Å². The highest BCUT2D eigenvalue weighted by Gasteiger charge is 2.14. The molecule has 0 heterocycles. The maximum absolute atomic E-state index is 12.0. The van der Waals surface area contributed by atoms with Gasteiger partial charge >= 0.3 is 5.97 Å². The van der Waals surface area contributed by atoms with E-state index < -0.39 is 5.97 Å². The van der Waals surface area contributed by atoms with Crippen molar-refractivity contribution in [2.75, 3.05) is 12.0 Å². The SMILES string of the molecule is COC(=O)c1ccc(N(Cc2ccc(Cl)c(Cl)c2)C(C)=O)cc1. The Balaban J connectivity index is 2.26. The maximum atomic E-state index is 12.0. The number of nitrogens with zero attached hydrogens (tertiary/aromatic N) is 1. The Labute approximate surface area is 144 Å². The van der Waals surface area contributed by atoms with Crippen molar-refractivity contribution in [1.82, 2.24) is 0 Å². The molecule has 0 aliphatic rings. The van der Waals surface area contributed by atoms with Crippen LogP contribution < -0.4 is 4.90 Å². The molecule has 0 bridgehead atoms. The van der Waals surface area contributed by atoms with Crippen molar-refractivity contribution < 1.29 is 14.3 Å². The van der Waals surface area contributed by atoms with Crippen LogP contribution in [0.2, 0.25) is 10.0 Å². The Morgan fingerprint density at radius 2 is 1.70 bits per heavy atom. The van der Waals surface area contributed by atoms with Crippen molar-refractivity contribution in [3.8, 4) is 0 Å². The molecule has 0 fully saturated rings. The quantitative estimate of drug-likeness (QED) is 0.770. The molecule has 0 spiro atoms. The van der Waals surface area contributed by atoms with Gasteiger partial charge in [-0.05, 0) is 42.0 Å². The van der Waals surface area contributed by atoms with Crippen LogP contribution >= 0.6 is 23.2 Å². The number of benzene rings is 2. The first kappa shape index (κ1) is 17.3. The van der Waals surface area contributed by atoms with Gasteiger partial charge in [-0.25, -0.2) is 4.79 Å². The number of anilines is 1. The Morgan fingerprint density at radius 3 is 2.22 bits per heavy atom. The molecule has 2 aromatic carbocycles. The summed E-state index contributed by atoms with van der Waals surface area (Å²) < 4.78 is 4.66. The Kier molecular flexibility index (Phi) is 5.64. The standard InChI is InChI=1S/C17H15Cl2NO3/c1-11(21)20(10-12-3-8-15(18)16(19)9-12)14-6-4-13(5-7-14)17(22)23-2/h3-9H,10H2,1-2H3. The molecule has 23 heavy (non-hydrogen) atoms. The lowest BCUT2D eigenvalue weighted by Gasteiger charge is -2.21. The summed E-state index contributed by atoms with van der Waals surface area (Å²) in [5, 5.41) is 0.904. The first-order chi connectivity index (χ1) is 10.9. The fourth-order valence-corrected chi connectivity index (χ4v) is 2.42. The molecule has 2 aromatic rings. The fraction of sp³-hybridized carbons (Fsp3) is 0.176. The van der Waals surface area contributed by atoms with Gasteiger partial charge in [-0.15, -0.1) is 0 Å². The van der Waals surface area contributed by atoms with Gasteiger partial charge in [0.2, 0.25) is 5.91 Å². The number of esters is 1. The highest BCUT2D eigenvalue weighted by Crippen LogP contribution is 2.25. The van der Waals surface area contributed by atoms with Crippen molar-refractivity contribution in [2.24, 2.45) is 0 Å². The summed E-state index contributed by atoms with van der Waals surface area (Å²) in [6.45, 7) is 1.83. The van der Waals surface area contributed by atoms with Crippen LogP contribution in [0.5, 0.6) is 0 Å². The van der Waals surface area contributed by atoms with E-state index in [-0.39, 0.29) is 5.91 Å². The highest BCUT2D eigenvalue weighted by atomic mass is 35.5. The van der Waals surface area contributed by atoms with Gasteiger partial charge < -0.3 is 9.64 Å². The average Bonchev–Trinajstić information content (AvgIpc) is 2.55. The van der Waals surface area contributed by atoms with Gasteiger partial charge in [0.25, 0.3) is 0 Å². The van der Waals surface area contributed by atoms with Gasteiger partial charge in [0.15, 0.2) is 0 Å².